The molecule has 3 nitrogen and oxygen atoms in total. The van der Waals surface area contributed by atoms with Crippen LogP contribution in [0.5, 0.6) is 0 Å². The summed E-state index contributed by atoms with van der Waals surface area (Å²) < 4.78 is 27.2. The zero-order valence-corrected chi connectivity index (χ0v) is 15.3. The van der Waals surface area contributed by atoms with Gasteiger partial charge in [-0.05, 0) is 48.4 Å². The van der Waals surface area contributed by atoms with Crippen LogP contribution in [-0.2, 0) is 0 Å². The summed E-state index contributed by atoms with van der Waals surface area (Å²) >= 11 is 0. The monoisotopic (exact) mass is 357 g/mol. The first kappa shape index (κ1) is 17.3. The van der Waals surface area contributed by atoms with E-state index in [1.807, 2.05) is 6.07 Å². The highest BCUT2D eigenvalue weighted by atomic mass is 19.1. The quantitative estimate of drug-likeness (QED) is 0.809. The van der Waals surface area contributed by atoms with Crippen LogP contribution < -0.4 is 9.80 Å². The molecule has 138 valence electrons. The average molecular weight is 357 g/mol. The SMILES string of the molecule is CC(C)CN1CC(N2CCN(c3ccc(F)cc3)c3cc(F)ccc32)C1. The molecule has 0 aliphatic carbocycles. The Morgan fingerprint density at radius 2 is 1.62 bits per heavy atom. The lowest BCUT2D eigenvalue weighted by Gasteiger charge is -2.50. The number of hydrogen-bond donors (Lipinski definition) is 0. The molecular formula is C21H25F2N3. The van der Waals surface area contributed by atoms with Crippen molar-refractivity contribution in [1.82, 2.24) is 4.90 Å². The Hall–Kier alpha value is -2.14. The van der Waals surface area contributed by atoms with Crippen LogP contribution in [0, 0.1) is 17.6 Å². The number of fused-ring (bicyclic) bond motifs is 1. The van der Waals surface area contributed by atoms with E-state index in [4.69, 9.17) is 0 Å². The van der Waals surface area contributed by atoms with Crippen LogP contribution in [0.1, 0.15) is 13.8 Å². The van der Waals surface area contributed by atoms with Gasteiger partial charge in [-0.3, -0.25) is 4.90 Å². The maximum absolute atomic E-state index is 14.0. The average Bonchev–Trinajstić information content (AvgIpc) is 2.57. The summed E-state index contributed by atoms with van der Waals surface area (Å²) in [4.78, 5) is 6.97. The lowest BCUT2D eigenvalue weighted by molar-refractivity contribution is 0.127. The molecule has 1 saturated heterocycles. The molecular weight excluding hydrogens is 332 g/mol. The maximum Gasteiger partial charge on any atom is 0.125 e. The van der Waals surface area contributed by atoms with Gasteiger partial charge < -0.3 is 9.80 Å². The number of anilines is 3. The van der Waals surface area contributed by atoms with E-state index < -0.39 is 0 Å². The van der Waals surface area contributed by atoms with Crippen LogP contribution in [0.4, 0.5) is 25.8 Å². The second-order valence-corrected chi connectivity index (χ2v) is 7.72. The Balaban J connectivity index is 1.58. The number of hydrogen-bond acceptors (Lipinski definition) is 3. The van der Waals surface area contributed by atoms with E-state index in [0.29, 0.717) is 12.0 Å². The van der Waals surface area contributed by atoms with Gasteiger partial charge in [-0.2, -0.15) is 0 Å². The standard InChI is InChI=1S/C21H25F2N3/c1-15(2)12-24-13-19(14-24)26-10-9-25(18-6-3-16(22)4-7-18)21-11-17(23)5-8-20(21)26/h3-8,11,15,19H,9-10,12-14H2,1-2H3. The number of benzene rings is 2. The molecule has 0 radical (unpaired) electrons. The van der Waals surface area contributed by atoms with Crippen molar-refractivity contribution in [2.75, 3.05) is 42.5 Å². The molecule has 0 amide bonds. The predicted molar refractivity (Wildman–Crippen MR) is 102 cm³/mol. The number of halogens is 2. The Morgan fingerprint density at radius 3 is 2.31 bits per heavy atom. The van der Waals surface area contributed by atoms with Gasteiger partial charge in [0, 0.05) is 38.4 Å². The molecule has 5 heteroatoms. The van der Waals surface area contributed by atoms with E-state index in [2.05, 4.69) is 28.5 Å². The molecule has 26 heavy (non-hydrogen) atoms. The van der Waals surface area contributed by atoms with E-state index in [9.17, 15) is 8.78 Å². The first-order valence-corrected chi connectivity index (χ1v) is 9.33. The fraction of sp³-hybridized carbons (Fsp3) is 0.429. The van der Waals surface area contributed by atoms with Gasteiger partial charge >= 0.3 is 0 Å². The molecule has 2 aromatic carbocycles. The Bertz CT molecular complexity index is 769. The highest BCUT2D eigenvalue weighted by Gasteiger charge is 2.35. The summed E-state index contributed by atoms with van der Waals surface area (Å²) in [5, 5.41) is 0. The van der Waals surface area contributed by atoms with E-state index in [1.165, 1.54) is 18.2 Å². The minimum absolute atomic E-state index is 0.243. The first-order chi connectivity index (χ1) is 12.5. The summed E-state index contributed by atoms with van der Waals surface area (Å²) in [7, 11) is 0. The molecule has 2 aromatic rings. The number of likely N-dealkylation sites (tertiary alicyclic amines) is 1. The molecule has 2 aliphatic rings. The Labute approximate surface area is 153 Å². The molecule has 4 rings (SSSR count). The third-order valence-corrected chi connectivity index (χ3v) is 5.24. The van der Waals surface area contributed by atoms with Crippen molar-refractivity contribution < 1.29 is 8.78 Å². The molecule has 0 unspecified atom stereocenters. The lowest BCUT2D eigenvalue weighted by atomic mass is 10.0. The third kappa shape index (κ3) is 3.28. The van der Waals surface area contributed by atoms with E-state index in [0.717, 1.165) is 49.8 Å². The smallest absolute Gasteiger partial charge is 0.125 e. The zero-order chi connectivity index (χ0) is 18.3. The van der Waals surface area contributed by atoms with Crippen molar-refractivity contribution in [2.24, 2.45) is 5.92 Å². The second-order valence-electron chi connectivity index (χ2n) is 7.72. The normalized spacial score (nSPS) is 18.2. The van der Waals surface area contributed by atoms with Gasteiger partial charge in [0.1, 0.15) is 11.6 Å². The summed E-state index contributed by atoms with van der Waals surface area (Å²) in [5.74, 6) is 0.173. The summed E-state index contributed by atoms with van der Waals surface area (Å²) in [6, 6.07) is 11.9. The number of rotatable bonds is 4. The van der Waals surface area contributed by atoms with Gasteiger partial charge in [0.15, 0.2) is 0 Å². The van der Waals surface area contributed by atoms with Gasteiger partial charge in [0.25, 0.3) is 0 Å². The molecule has 0 spiro atoms. The molecule has 0 saturated carbocycles. The van der Waals surface area contributed by atoms with Gasteiger partial charge in [-0.1, -0.05) is 13.8 Å². The van der Waals surface area contributed by atoms with E-state index in [1.54, 1.807) is 18.2 Å². The van der Waals surface area contributed by atoms with Crippen LogP contribution in [-0.4, -0.2) is 43.7 Å². The highest BCUT2D eigenvalue weighted by molar-refractivity contribution is 5.80. The topological polar surface area (TPSA) is 9.72 Å². The van der Waals surface area contributed by atoms with Crippen molar-refractivity contribution in [3.05, 3.63) is 54.1 Å². The highest BCUT2D eigenvalue weighted by Crippen LogP contribution is 2.40. The minimum Gasteiger partial charge on any atom is -0.362 e. The Morgan fingerprint density at radius 1 is 0.923 bits per heavy atom. The summed E-state index contributed by atoms with van der Waals surface area (Å²) in [6.07, 6.45) is 0. The van der Waals surface area contributed by atoms with Gasteiger partial charge in [-0.15, -0.1) is 0 Å². The van der Waals surface area contributed by atoms with Crippen LogP contribution in [0.15, 0.2) is 42.5 Å². The van der Waals surface area contributed by atoms with Crippen molar-refractivity contribution in [2.45, 2.75) is 19.9 Å². The molecule has 0 aromatic heterocycles. The Kier molecular flexibility index (Phi) is 4.57. The second kappa shape index (κ2) is 6.88. The van der Waals surface area contributed by atoms with Gasteiger partial charge in [0.05, 0.1) is 17.4 Å². The van der Waals surface area contributed by atoms with Gasteiger partial charge in [0.2, 0.25) is 0 Å². The summed E-state index contributed by atoms with van der Waals surface area (Å²) in [6.45, 7) is 9.39. The predicted octanol–water partition coefficient (Wildman–Crippen LogP) is 4.26. The van der Waals surface area contributed by atoms with Crippen LogP contribution >= 0.6 is 0 Å². The van der Waals surface area contributed by atoms with Crippen LogP contribution in [0.25, 0.3) is 0 Å². The molecule has 0 bridgehead atoms. The van der Waals surface area contributed by atoms with Crippen molar-refractivity contribution in [3.63, 3.8) is 0 Å². The third-order valence-electron chi connectivity index (χ3n) is 5.24. The minimum atomic E-state index is -0.258. The largest absolute Gasteiger partial charge is 0.362 e. The van der Waals surface area contributed by atoms with E-state index >= 15 is 0 Å². The van der Waals surface area contributed by atoms with Crippen molar-refractivity contribution in [1.29, 1.82) is 0 Å². The molecule has 2 aliphatic heterocycles. The fourth-order valence-corrected chi connectivity index (χ4v) is 4.08. The molecule has 1 fully saturated rings. The van der Waals surface area contributed by atoms with Crippen molar-refractivity contribution >= 4 is 17.1 Å². The summed E-state index contributed by atoms with van der Waals surface area (Å²) in [5.41, 5.74) is 2.83. The molecule has 2 heterocycles. The van der Waals surface area contributed by atoms with Gasteiger partial charge in [-0.25, -0.2) is 8.78 Å². The number of nitrogens with zero attached hydrogens (tertiary/aromatic N) is 3. The first-order valence-electron chi connectivity index (χ1n) is 9.33. The van der Waals surface area contributed by atoms with E-state index in [-0.39, 0.29) is 11.6 Å². The molecule has 0 atom stereocenters. The lowest BCUT2D eigenvalue weighted by Crippen LogP contribution is -2.62. The maximum atomic E-state index is 14.0. The van der Waals surface area contributed by atoms with Crippen LogP contribution in [0.3, 0.4) is 0 Å². The zero-order valence-electron chi connectivity index (χ0n) is 15.3. The molecule has 0 N–H and O–H groups in total. The van der Waals surface area contributed by atoms with Crippen molar-refractivity contribution in [3.8, 4) is 0 Å². The fourth-order valence-electron chi connectivity index (χ4n) is 4.08. The van der Waals surface area contributed by atoms with Crippen LogP contribution in [0.2, 0.25) is 0 Å².